The number of carbonyl (C=O) groups is 1. The zero-order chi connectivity index (χ0) is 11.9. The van der Waals surface area contributed by atoms with Gasteiger partial charge in [0, 0.05) is 13.1 Å². The summed E-state index contributed by atoms with van der Waals surface area (Å²) in [6, 6.07) is 0. The van der Waals surface area contributed by atoms with E-state index in [-0.39, 0.29) is 24.9 Å². The standard InChI is InChI=1S/C10H13F4NO/c11-8(12)10(13,14)9(16)15-4-6-2-1-3-7(6)5-15/h6-8H,1-5H2. The predicted molar refractivity (Wildman–Crippen MR) is 48.4 cm³/mol. The fourth-order valence-corrected chi connectivity index (χ4v) is 2.71. The first-order chi connectivity index (χ1) is 7.43. The van der Waals surface area contributed by atoms with Gasteiger partial charge in [-0.2, -0.15) is 8.78 Å². The lowest BCUT2D eigenvalue weighted by molar-refractivity contribution is -0.179. The molecule has 1 amide bonds. The number of hydrogen-bond acceptors (Lipinski definition) is 1. The molecule has 2 atom stereocenters. The van der Waals surface area contributed by atoms with Crippen molar-refractivity contribution in [3.05, 3.63) is 0 Å². The van der Waals surface area contributed by atoms with E-state index in [0.717, 1.165) is 24.2 Å². The van der Waals surface area contributed by atoms with Gasteiger partial charge < -0.3 is 4.90 Å². The molecule has 1 saturated heterocycles. The van der Waals surface area contributed by atoms with Gasteiger partial charge in [0.15, 0.2) is 0 Å². The fraction of sp³-hybridized carbons (Fsp3) is 0.900. The van der Waals surface area contributed by atoms with Gasteiger partial charge in [0.1, 0.15) is 0 Å². The molecule has 0 radical (unpaired) electrons. The van der Waals surface area contributed by atoms with Crippen molar-refractivity contribution in [3.8, 4) is 0 Å². The zero-order valence-electron chi connectivity index (χ0n) is 8.63. The number of fused-ring (bicyclic) bond motifs is 1. The van der Waals surface area contributed by atoms with E-state index in [1.807, 2.05) is 0 Å². The molecule has 92 valence electrons. The minimum atomic E-state index is -4.53. The van der Waals surface area contributed by atoms with E-state index in [2.05, 4.69) is 0 Å². The van der Waals surface area contributed by atoms with Crippen LogP contribution < -0.4 is 0 Å². The molecule has 0 aromatic heterocycles. The van der Waals surface area contributed by atoms with Crippen LogP contribution in [0, 0.1) is 11.8 Å². The second-order valence-corrected chi connectivity index (χ2v) is 4.58. The first-order valence-corrected chi connectivity index (χ1v) is 5.38. The van der Waals surface area contributed by atoms with Crippen molar-refractivity contribution in [2.45, 2.75) is 31.6 Å². The van der Waals surface area contributed by atoms with Crippen LogP contribution >= 0.6 is 0 Å². The first kappa shape index (κ1) is 11.7. The predicted octanol–water partition coefficient (Wildman–Crippen LogP) is 2.15. The molecule has 0 aromatic rings. The number of likely N-dealkylation sites (tertiary alicyclic amines) is 1. The van der Waals surface area contributed by atoms with Crippen molar-refractivity contribution in [1.82, 2.24) is 4.90 Å². The third-order valence-corrected chi connectivity index (χ3v) is 3.57. The Hall–Kier alpha value is -0.810. The van der Waals surface area contributed by atoms with E-state index in [1.54, 1.807) is 0 Å². The van der Waals surface area contributed by atoms with Crippen LogP contribution in [0.4, 0.5) is 17.6 Å². The lowest BCUT2D eigenvalue weighted by atomic mass is 10.0. The molecular formula is C10H13F4NO. The van der Waals surface area contributed by atoms with E-state index < -0.39 is 18.3 Å². The van der Waals surface area contributed by atoms with Crippen molar-refractivity contribution in [2.75, 3.05) is 13.1 Å². The molecule has 2 unspecified atom stereocenters. The van der Waals surface area contributed by atoms with Crippen LogP contribution in [0.15, 0.2) is 0 Å². The lowest BCUT2D eigenvalue weighted by Gasteiger charge is -2.22. The molecule has 2 fully saturated rings. The summed E-state index contributed by atoms with van der Waals surface area (Å²) in [5.41, 5.74) is 0. The van der Waals surface area contributed by atoms with Crippen LogP contribution in [0.25, 0.3) is 0 Å². The van der Waals surface area contributed by atoms with Crippen LogP contribution in [0.5, 0.6) is 0 Å². The topological polar surface area (TPSA) is 20.3 Å². The van der Waals surface area contributed by atoms with Crippen molar-refractivity contribution < 1.29 is 22.4 Å². The third-order valence-electron chi connectivity index (χ3n) is 3.57. The molecular weight excluding hydrogens is 226 g/mol. The second kappa shape index (κ2) is 3.89. The third kappa shape index (κ3) is 1.78. The number of carbonyl (C=O) groups excluding carboxylic acids is 1. The van der Waals surface area contributed by atoms with E-state index >= 15 is 0 Å². The molecule has 16 heavy (non-hydrogen) atoms. The van der Waals surface area contributed by atoms with Gasteiger partial charge in [-0.25, -0.2) is 8.78 Å². The Morgan fingerprint density at radius 2 is 1.69 bits per heavy atom. The maximum absolute atomic E-state index is 12.8. The molecule has 2 nitrogen and oxygen atoms in total. The van der Waals surface area contributed by atoms with Crippen LogP contribution in [0.2, 0.25) is 0 Å². The fourth-order valence-electron chi connectivity index (χ4n) is 2.71. The maximum Gasteiger partial charge on any atom is 0.383 e. The van der Waals surface area contributed by atoms with Gasteiger partial charge in [0.25, 0.3) is 5.91 Å². The van der Waals surface area contributed by atoms with Crippen LogP contribution in [0.3, 0.4) is 0 Å². The summed E-state index contributed by atoms with van der Waals surface area (Å²) >= 11 is 0. The van der Waals surface area contributed by atoms with Gasteiger partial charge in [-0.15, -0.1) is 0 Å². The van der Waals surface area contributed by atoms with E-state index in [4.69, 9.17) is 0 Å². The van der Waals surface area contributed by atoms with Crippen molar-refractivity contribution in [1.29, 1.82) is 0 Å². The smallest absolute Gasteiger partial charge is 0.337 e. The Morgan fingerprint density at radius 3 is 2.12 bits per heavy atom. The van der Waals surface area contributed by atoms with Gasteiger partial charge in [0.2, 0.25) is 0 Å². The number of rotatable bonds is 2. The Balaban J connectivity index is 2.02. The van der Waals surface area contributed by atoms with Crippen LogP contribution in [0.1, 0.15) is 19.3 Å². The average molecular weight is 239 g/mol. The second-order valence-electron chi connectivity index (χ2n) is 4.58. The summed E-state index contributed by atoms with van der Waals surface area (Å²) in [6.45, 7) is 0.428. The molecule has 2 rings (SSSR count). The number of nitrogens with zero attached hydrogens (tertiary/aromatic N) is 1. The Labute approximate surface area is 90.6 Å². The Kier molecular flexibility index (Phi) is 2.84. The number of amides is 1. The highest BCUT2D eigenvalue weighted by Crippen LogP contribution is 2.39. The highest BCUT2D eigenvalue weighted by Gasteiger charge is 2.53. The lowest BCUT2D eigenvalue weighted by Crippen LogP contribution is -2.47. The molecule has 0 bridgehead atoms. The largest absolute Gasteiger partial charge is 0.383 e. The van der Waals surface area contributed by atoms with Gasteiger partial charge in [-0.05, 0) is 24.7 Å². The summed E-state index contributed by atoms with van der Waals surface area (Å²) in [5.74, 6) is -5.77. The van der Waals surface area contributed by atoms with E-state index in [0.29, 0.717) is 0 Å². The molecule has 0 N–H and O–H groups in total. The molecule has 2 aliphatic rings. The minimum Gasteiger partial charge on any atom is -0.337 e. The number of halogens is 4. The summed E-state index contributed by atoms with van der Waals surface area (Å²) < 4.78 is 49.7. The van der Waals surface area contributed by atoms with E-state index in [9.17, 15) is 22.4 Å². The SMILES string of the molecule is O=C(N1CC2CCCC2C1)C(F)(F)C(F)F. The quantitative estimate of drug-likeness (QED) is 0.676. The summed E-state index contributed by atoms with van der Waals surface area (Å²) in [7, 11) is 0. The Morgan fingerprint density at radius 1 is 1.19 bits per heavy atom. The van der Waals surface area contributed by atoms with Crippen LogP contribution in [-0.4, -0.2) is 36.2 Å². The molecule has 0 aromatic carbocycles. The first-order valence-electron chi connectivity index (χ1n) is 5.38. The summed E-state index contributed by atoms with van der Waals surface area (Å²) in [6.07, 6.45) is -1.05. The highest BCUT2D eigenvalue weighted by molar-refractivity contribution is 5.84. The number of alkyl halides is 4. The van der Waals surface area contributed by atoms with Gasteiger partial charge in [0.05, 0.1) is 0 Å². The number of hydrogen-bond donors (Lipinski definition) is 0. The average Bonchev–Trinajstić information content (AvgIpc) is 2.74. The molecule has 1 aliphatic heterocycles. The van der Waals surface area contributed by atoms with Gasteiger partial charge in [-0.3, -0.25) is 4.79 Å². The van der Waals surface area contributed by atoms with E-state index in [1.165, 1.54) is 0 Å². The zero-order valence-corrected chi connectivity index (χ0v) is 8.63. The van der Waals surface area contributed by atoms with Crippen molar-refractivity contribution in [3.63, 3.8) is 0 Å². The van der Waals surface area contributed by atoms with Gasteiger partial charge >= 0.3 is 12.3 Å². The van der Waals surface area contributed by atoms with Crippen molar-refractivity contribution >= 4 is 5.91 Å². The molecule has 6 heteroatoms. The van der Waals surface area contributed by atoms with Gasteiger partial charge in [-0.1, -0.05) is 6.42 Å². The molecule has 1 saturated carbocycles. The highest BCUT2D eigenvalue weighted by atomic mass is 19.3. The minimum absolute atomic E-state index is 0.214. The van der Waals surface area contributed by atoms with Crippen molar-refractivity contribution in [2.24, 2.45) is 11.8 Å². The maximum atomic E-state index is 12.8. The molecule has 1 aliphatic carbocycles. The summed E-state index contributed by atoms with van der Waals surface area (Å²) in [4.78, 5) is 12.1. The normalized spacial score (nSPS) is 29.9. The van der Waals surface area contributed by atoms with Crippen LogP contribution in [-0.2, 0) is 4.79 Å². The Bertz CT molecular complexity index is 283. The summed E-state index contributed by atoms with van der Waals surface area (Å²) in [5, 5.41) is 0. The monoisotopic (exact) mass is 239 g/mol. The molecule has 0 spiro atoms. The molecule has 1 heterocycles.